The van der Waals surface area contributed by atoms with Crippen LogP contribution in [0, 0.1) is 10.1 Å². The number of nitro groups is 1. The molecule has 2 aromatic rings. The van der Waals surface area contributed by atoms with Crippen molar-refractivity contribution in [3.63, 3.8) is 0 Å². The van der Waals surface area contributed by atoms with Gasteiger partial charge in [0.15, 0.2) is 5.13 Å². The monoisotopic (exact) mass is 270 g/mol. The molecule has 0 fully saturated rings. The van der Waals surface area contributed by atoms with Gasteiger partial charge in [-0.1, -0.05) is 6.92 Å². The fraction of sp³-hybridized carbons (Fsp3) is 0.333. The number of thiazole rings is 2. The summed E-state index contributed by atoms with van der Waals surface area (Å²) in [7, 11) is 0. The molecule has 0 aliphatic rings. The van der Waals surface area contributed by atoms with E-state index in [1.165, 1.54) is 6.20 Å². The summed E-state index contributed by atoms with van der Waals surface area (Å²) in [6.45, 7) is 2.03. The summed E-state index contributed by atoms with van der Waals surface area (Å²) in [5.74, 6) is 0. The molecule has 2 heterocycles. The van der Waals surface area contributed by atoms with E-state index in [1.807, 2.05) is 12.3 Å². The summed E-state index contributed by atoms with van der Waals surface area (Å²) in [5.41, 5.74) is 0. The number of aromatic nitrogens is 2. The van der Waals surface area contributed by atoms with Gasteiger partial charge < -0.3 is 5.32 Å². The van der Waals surface area contributed by atoms with Gasteiger partial charge in [-0.15, -0.1) is 11.3 Å². The maximum atomic E-state index is 10.5. The lowest BCUT2D eigenvalue weighted by Gasteiger charge is -2.12. The average molecular weight is 270 g/mol. The van der Waals surface area contributed by atoms with E-state index in [1.54, 1.807) is 17.5 Å². The minimum atomic E-state index is -0.437. The molecule has 0 saturated heterocycles. The molecular formula is C9H10N4O2S2. The van der Waals surface area contributed by atoms with Crippen LogP contribution in [0.2, 0.25) is 0 Å². The number of rotatable bonds is 5. The van der Waals surface area contributed by atoms with E-state index in [2.05, 4.69) is 15.3 Å². The van der Waals surface area contributed by atoms with Crippen molar-refractivity contribution in [2.75, 3.05) is 5.32 Å². The van der Waals surface area contributed by atoms with Crippen LogP contribution < -0.4 is 5.32 Å². The number of hydrogen-bond acceptors (Lipinski definition) is 7. The lowest BCUT2D eigenvalue weighted by atomic mass is 10.2. The second-order valence-corrected chi connectivity index (χ2v) is 5.17. The molecule has 2 rings (SSSR count). The van der Waals surface area contributed by atoms with Gasteiger partial charge in [0.2, 0.25) is 0 Å². The van der Waals surface area contributed by atoms with E-state index in [9.17, 15) is 10.1 Å². The highest BCUT2D eigenvalue weighted by molar-refractivity contribution is 7.18. The van der Waals surface area contributed by atoms with E-state index < -0.39 is 4.92 Å². The molecule has 0 amide bonds. The summed E-state index contributed by atoms with van der Waals surface area (Å²) in [5, 5.41) is 17.2. The first-order valence-electron chi connectivity index (χ1n) is 4.97. The second kappa shape index (κ2) is 5.19. The molecule has 8 heteroatoms. The summed E-state index contributed by atoms with van der Waals surface area (Å²) < 4.78 is 0. The first-order chi connectivity index (χ1) is 8.20. The van der Waals surface area contributed by atoms with Gasteiger partial charge in [0, 0.05) is 11.6 Å². The van der Waals surface area contributed by atoms with E-state index >= 15 is 0 Å². The van der Waals surface area contributed by atoms with Gasteiger partial charge in [-0.3, -0.25) is 10.1 Å². The fourth-order valence-electron chi connectivity index (χ4n) is 1.31. The van der Waals surface area contributed by atoms with Crippen molar-refractivity contribution in [3.8, 4) is 0 Å². The van der Waals surface area contributed by atoms with Crippen LogP contribution >= 0.6 is 22.7 Å². The fourth-order valence-corrected chi connectivity index (χ4v) is 2.77. The first kappa shape index (κ1) is 11.9. The van der Waals surface area contributed by atoms with Crippen LogP contribution in [0.25, 0.3) is 0 Å². The van der Waals surface area contributed by atoms with Crippen LogP contribution in [0.4, 0.5) is 10.1 Å². The Hall–Kier alpha value is -1.54. The Morgan fingerprint density at radius 1 is 1.59 bits per heavy atom. The van der Waals surface area contributed by atoms with Gasteiger partial charge in [-0.25, -0.2) is 9.97 Å². The Kier molecular flexibility index (Phi) is 3.64. The number of hydrogen-bond donors (Lipinski definition) is 1. The average Bonchev–Trinajstić information content (AvgIpc) is 2.96. The van der Waals surface area contributed by atoms with Gasteiger partial charge in [-0.05, 0) is 17.8 Å². The Morgan fingerprint density at radius 3 is 2.94 bits per heavy atom. The molecular weight excluding hydrogens is 260 g/mol. The number of nitrogens with one attached hydrogen (secondary N) is 1. The quantitative estimate of drug-likeness (QED) is 0.667. The largest absolute Gasteiger partial charge is 0.352 e. The first-order valence-corrected chi connectivity index (χ1v) is 6.66. The van der Waals surface area contributed by atoms with Crippen molar-refractivity contribution < 1.29 is 4.92 Å². The molecule has 0 radical (unpaired) electrons. The van der Waals surface area contributed by atoms with Crippen LogP contribution in [0.1, 0.15) is 24.4 Å². The van der Waals surface area contributed by atoms with Crippen molar-refractivity contribution in [1.82, 2.24) is 9.97 Å². The topological polar surface area (TPSA) is 81.0 Å². The molecule has 6 nitrogen and oxygen atoms in total. The van der Waals surface area contributed by atoms with Crippen LogP contribution in [0.3, 0.4) is 0 Å². The van der Waals surface area contributed by atoms with Crippen molar-refractivity contribution in [1.29, 1.82) is 0 Å². The Morgan fingerprint density at radius 2 is 2.41 bits per heavy atom. The zero-order valence-corrected chi connectivity index (χ0v) is 10.6. The molecule has 17 heavy (non-hydrogen) atoms. The van der Waals surface area contributed by atoms with Gasteiger partial charge in [-0.2, -0.15) is 0 Å². The SMILES string of the molecule is CCC(Nc1ncc([N+](=O)[O-])s1)c1nccs1. The molecule has 1 atom stereocenters. The number of anilines is 1. The predicted octanol–water partition coefficient (Wildman–Crippen LogP) is 3.07. The third-order valence-corrected chi connectivity index (χ3v) is 3.90. The van der Waals surface area contributed by atoms with Gasteiger partial charge in [0.25, 0.3) is 0 Å². The van der Waals surface area contributed by atoms with E-state index in [-0.39, 0.29) is 11.0 Å². The summed E-state index contributed by atoms with van der Waals surface area (Å²) in [4.78, 5) is 18.3. The van der Waals surface area contributed by atoms with Crippen molar-refractivity contribution in [2.24, 2.45) is 0 Å². The predicted molar refractivity (Wildman–Crippen MR) is 67.5 cm³/mol. The van der Waals surface area contributed by atoms with Gasteiger partial charge in [0.1, 0.15) is 11.2 Å². The molecule has 0 spiro atoms. The Bertz CT molecular complexity index is 497. The third-order valence-electron chi connectivity index (χ3n) is 2.13. The van der Waals surface area contributed by atoms with Gasteiger partial charge in [0.05, 0.1) is 11.0 Å². The lowest BCUT2D eigenvalue weighted by Crippen LogP contribution is -2.08. The normalized spacial score (nSPS) is 12.3. The molecule has 0 saturated carbocycles. The minimum absolute atomic E-state index is 0.0430. The van der Waals surface area contributed by atoms with Crippen molar-refractivity contribution in [2.45, 2.75) is 19.4 Å². The number of nitrogens with zero attached hydrogens (tertiary/aromatic N) is 3. The smallest absolute Gasteiger partial charge is 0.345 e. The highest BCUT2D eigenvalue weighted by Gasteiger charge is 2.16. The molecule has 1 N–H and O–H groups in total. The molecule has 0 aliphatic heterocycles. The summed E-state index contributed by atoms with van der Waals surface area (Å²) >= 11 is 2.59. The molecule has 0 aliphatic carbocycles. The minimum Gasteiger partial charge on any atom is -0.352 e. The zero-order valence-electron chi connectivity index (χ0n) is 8.99. The van der Waals surface area contributed by atoms with Crippen molar-refractivity contribution >= 4 is 32.8 Å². The Balaban J connectivity index is 2.10. The van der Waals surface area contributed by atoms with Gasteiger partial charge >= 0.3 is 5.00 Å². The van der Waals surface area contributed by atoms with E-state index in [0.29, 0.717) is 5.13 Å². The lowest BCUT2D eigenvalue weighted by molar-refractivity contribution is -0.380. The van der Waals surface area contributed by atoms with E-state index in [0.717, 1.165) is 22.8 Å². The van der Waals surface area contributed by atoms with Crippen LogP contribution in [0.5, 0.6) is 0 Å². The maximum Gasteiger partial charge on any atom is 0.345 e. The van der Waals surface area contributed by atoms with Crippen molar-refractivity contribution in [3.05, 3.63) is 32.9 Å². The van der Waals surface area contributed by atoms with Crippen LogP contribution in [-0.2, 0) is 0 Å². The van der Waals surface area contributed by atoms with Crippen LogP contribution in [0.15, 0.2) is 17.8 Å². The molecule has 0 aromatic carbocycles. The highest BCUT2D eigenvalue weighted by atomic mass is 32.1. The standard InChI is InChI=1S/C9H10N4O2S2/c1-2-6(8-10-3-4-16-8)12-9-11-5-7(17-9)13(14)15/h3-6H,2H2,1H3,(H,11,12). The zero-order chi connectivity index (χ0) is 12.3. The second-order valence-electron chi connectivity index (χ2n) is 3.24. The molecule has 2 aromatic heterocycles. The van der Waals surface area contributed by atoms with E-state index in [4.69, 9.17) is 0 Å². The summed E-state index contributed by atoms with van der Waals surface area (Å²) in [6, 6.07) is 0.0563. The third kappa shape index (κ3) is 2.77. The maximum absolute atomic E-state index is 10.5. The Labute approximate surface area is 106 Å². The highest BCUT2D eigenvalue weighted by Crippen LogP contribution is 2.30. The molecule has 0 bridgehead atoms. The molecule has 1 unspecified atom stereocenters. The summed E-state index contributed by atoms with van der Waals surface area (Å²) in [6.07, 6.45) is 3.86. The molecule has 90 valence electrons. The van der Waals surface area contributed by atoms with Crippen LogP contribution in [-0.4, -0.2) is 14.9 Å².